The first kappa shape index (κ1) is 17.7. The van der Waals surface area contributed by atoms with Gasteiger partial charge in [-0.3, -0.25) is 14.5 Å². The van der Waals surface area contributed by atoms with E-state index in [1.807, 2.05) is 6.07 Å². The van der Waals surface area contributed by atoms with Crippen LogP contribution in [-0.2, 0) is 9.59 Å². The highest BCUT2D eigenvalue weighted by Crippen LogP contribution is 2.18. The van der Waals surface area contributed by atoms with E-state index in [2.05, 4.69) is 34.1 Å². The van der Waals surface area contributed by atoms with E-state index in [1.165, 1.54) is 5.69 Å². The molecule has 0 spiro atoms. The fourth-order valence-electron chi connectivity index (χ4n) is 3.67. The lowest BCUT2D eigenvalue weighted by atomic mass is 10.1. The van der Waals surface area contributed by atoms with E-state index in [0.29, 0.717) is 25.9 Å². The van der Waals surface area contributed by atoms with Crippen molar-refractivity contribution in [2.45, 2.75) is 19.3 Å². The smallest absolute Gasteiger partial charge is 0.308 e. The summed E-state index contributed by atoms with van der Waals surface area (Å²) < 4.78 is 0. The molecule has 0 saturated carbocycles. The molecule has 0 bridgehead atoms. The monoisotopic (exact) mass is 345 g/mol. The van der Waals surface area contributed by atoms with E-state index >= 15 is 0 Å². The lowest BCUT2D eigenvalue weighted by Crippen LogP contribution is -2.46. The number of para-hydroxylation sites is 1. The normalized spacial score (nSPS) is 21.5. The van der Waals surface area contributed by atoms with Gasteiger partial charge in [-0.2, -0.15) is 0 Å². The van der Waals surface area contributed by atoms with Crippen LogP contribution in [0.25, 0.3) is 0 Å². The number of amides is 1. The second kappa shape index (κ2) is 8.34. The average Bonchev–Trinajstić information content (AvgIpc) is 3.14. The summed E-state index contributed by atoms with van der Waals surface area (Å²) in [6.45, 7) is 5.98. The molecule has 1 atom stereocenters. The molecule has 2 aliphatic rings. The highest BCUT2D eigenvalue weighted by molar-refractivity contribution is 5.78. The third kappa shape index (κ3) is 4.72. The summed E-state index contributed by atoms with van der Waals surface area (Å²) in [6.07, 6.45) is 1.95. The molecule has 25 heavy (non-hydrogen) atoms. The van der Waals surface area contributed by atoms with Crippen molar-refractivity contribution in [2.24, 2.45) is 5.92 Å². The van der Waals surface area contributed by atoms with Crippen LogP contribution in [0, 0.1) is 5.92 Å². The predicted molar refractivity (Wildman–Crippen MR) is 96.7 cm³/mol. The van der Waals surface area contributed by atoms with Crippen molar-refractivity contribution in [3.63, 3.8) is 0 Å². The van der Waals surface area contributed by atoms with Crippen molar-refractivity contribution in [1.82, 2.24) is 9.80 Å². The molecule has 2 heterocycles. The van der Waals surface area contributed by atoms with E-state index in [9.17, 15) is 9.59 Å². The molecule has 2 saturated heterocycles. The maximum absolute atomic E-state index is 12.2. The van der Waals surface area contributed by atoms with Gasteiger partial charge in [0.2, 0.25) is 5.91 Å². The Morgan fingerprint density at radius 2 is 1.76 bits per heavy atom. The van der Waals surface area contributed by atoms with Gasteiger partial charge in [-0.1, -0.05) is 18.2 Å². The van der Waals surface area contributed by atoms with E-state index in [0.717, 1.165) is 39.1 Å². The molecule has 1 amide bonds. The van der Waals surface area contributed by atoms with Crippen molar-refractivity contribution in [1.29, 1.82) is 0 Å². The molecule has 0 aromatic heterocycles. The maximum Gasteiger partial charge on any atom is 0.308 e. The van der Waals surface area contributed by atoms with Crippen LogP contribution in [0.4, 0.5) is 5.69 Å². The first-order valence-electron chi connectivity index (χ1n) is 9.16. The Morgan fingerprint density at radius 1 is 1.04 bits per heavy atom. The molecule has 0 unspecified atom stereocenters. The molecule has 6 nitrogen and oxygen atoms in total. The number of likely N-dealkylation sites (tertiary alicyclic amines) is 1. The van der Waals surface area contributed by atoms with Gasteiger partial charge in [-0.05, 0) is 31.5 Å². The molecular weight excluding hydrogens is 318 g/mol. The summed E-state index contributed by atoms with van der Waals surface area (Å²) in [7, 11) is 0. The summed E-state index contributed by atoms with van der Waals surface area (Å²) in [6, 6.07) is 10.5. The van der Waals surface area contributed by atoms with Crippen molar-refractivity contribution >= 4 is 17.6 Å². The molecule has 1 aromatic carbocycles. The zero-order valence-electron chi connectivity index (χ0n) is 14.6. The molecule has 1 N–H and O–H groups in total. The van der Waals surface area contributed by atoms with Gasteiger partial charge in [-0.15, -0.1) is 0 Å². The van der Waals surface area contributed by atoms with Crippen LogP contribution in [-0.4, -0.2) is 72.6 Å². The summed E-state index contributed by atoms with van der Waals surface area (Å²) >= 11 is 0. The summed E-state index contributed by atoms with van der Waals surface area (Å²) in [5.41, 5.74) is 1.28. The Bertz CT molecular complexity index is 585. The molecular formula is C19H27N3O3. The number of aliphatic carboxylic acids is 1. The van der Waals surface area contributed by atoms with Gasteiger partial charge in [0.1, 0.15) is 0 Å². The first-order valence-corrected chi connectivity index (χ1v) is 9.16. The third-order valence-corrected chi connectivity index (χ3v) is 5.25. The zero-order chi connectivity index (χ0) is 17.6. The van der Waals surface area contributed by atoms with Crippen molar-refractivity contribution < 1.29 is 14.7 Å². The van der Waals surface area contributed by atoms with Crippen LogP contribution in [0.5, 0.6) is 0 Å². The van der Waals surface area contributed by atoms with Gasteiger partial charge >= 0.3 is 5.97 Å². The Balaban J connectivity index is 1.34. The Labute approximate surface area is 149 Å². The van der Waals surface area contributed by atoms with Gasteiger partial charge < -0.3 is 14.9 Å². The first-order chi connectivity index (χ1) is 12.1. The average molecular weight is 345 g/mol. The van der Waals surface area contributed by atoms with Crippen LogP contribution >= 0.6 is 0 Å². The lowest BCUT2D eigenvalue weighted by Gasteiger charge is -2.36. The lowest BCUT2D eigenvalue weighted by molar-refractivity contribution is -0.141. The minimum absolute atomic E-state index is 0.103. The standard InChI is InChI=1S/C19H27N3O3/c23-18(22-10-8-16(15-22)19(24)25)7-4-9-20-11-13-21(14-12-20)17-5-2-1-3-6-17/h1-3,5-6,16H,4,7-15H2,(H,24,25)/t16-/m0/s1. The van der Waals surface area contributed by atoms with Crippen LogP contribution < -0.4 is 4.90 Å². The number of carbonyl (C=O) groups excluding carboxylic acids is 1. The van der Waals surface area contributed by atoms with E-state index in [1.54, 1.807) is 4.90 Å². The number of carbonyl (C=O) groups is 2. The van der Waals surface area contributed by atoms with Crippen LogP contribution in [0.1, 0.15) is 19.3 Å². The number of hydrogen-bond donors (Lipinski definition) is 1. The second-order valence-corrected chi connectivity index (χ2v) is 6.93. The minimum atomic E-state index is -0.786. The van der Waals surface area contributed by atoms with Gasteiger partial charge in [0, 0.05) is 51.4 Å². The molecule has 1 aromatic rings. The van der Waals surface area contributed by atoms with Crippen molar-refractivity contribution in [3.8, 4) is 0 Å². The molecule has 2 aliphatic heterocycles. The minimum Gasteiger partial charge on any atom is -0.481 e. The fourth-order valence-corrected chi connectivity index (χ4v) is 3.67. The molecule has 136 valence electrons. The number of anilines is 1. The van der Waals surface area contributed by atoms with E-state index < -0.39 is 5.97 Å². The van der Waals surface area contributed by atoms with Crippen LogP contribution in [0.3, 0.4) is 0 Å². The molecule has 0 aliphatic carbocycles. The summed E-state index contributed by atoms with van der Waals surface area (Å²) in [4.78, 5) is 29.7. The van der Waals surface area contributed by atoms with Crippen LogP contribution in [0.15, 0.2) is 30.3 Å². The molecule has 6 heteroatoms. The largest absolute Gasteiger partial charge is 0.481 e. The second-order valence-electron chi connectivity index (χ2n) is 6.93. The zero-order valence-corrected chi connectivity index (χ0v) is 14.6. The van der Waals surface area contributed by atoms with E-state index in [4.69, 9.17) is 5.11 Å². The van der Waals surface area contributed by atoms with Gasteiger partial charge in [0.25, 0.3) is 0 Å². The fraction of sp³-hybridized carbons (Fsp3) is 0.579. The summed E-state index contributed by atoms with van der Waals surface area (Å²) in [5.74, 6) is -1.06. The Morgan fingerprint density at radius 3 is 2.40 bits per heavy atom. The highest BCUT2D eigenvalue weighted by Gasteiger charge is 2.30. The highest BCUT2D eigenvalue weighted by atomic mass is 16.4. The third-order valence-electron chi connectivity index (χ3n) is 5.25. The van der Waals surface area contributed by atoms with Gasteiger partial charge in [0.15, 0.2) is 0 Å². The number of piperazine rings is 1. The van der Waals surface area contributed by atoms with Gasteiger partial charge in [-0.25, -0.2) is 0 Å². The van der Waals surface area contributed by atoms with Crippen LogP contribution in [0.2, 0.25) is 0 Å². The number of carboxylic acid groups (broad SMARTS) is 1. The number of rotatable bonds is 6. The van der Waals surface area contributed by atoms with E-state index in [-0.39, 0.29) is 11.8 Å². The number of carboxylic acids is 1. The quantitative estimate of drug-likeness (QED) is 0.847. The molecule has 0 radical (unpaired) electrons. The Kier molecular flexibility index (Phi) is 5.91. The Hall–Kier alpha value is -2.08. The number of nitrogens with zero attached hydrogens (tertiary/aromatic N) is 3. The number of benzene rings is 1. The number of hydrogen-bond acceptors (Lipinski definition) is 4. The summed E-state index contributed by atoms with van der Waals surface area (Å²) in [5, 5.41) is 9.01. The van der Waals surface area contributed by atoms with Gasteiger partial charge in [0.05, 0.1) is 5.92 Å². The predicted octanol–water partition coefficient (Wildman–Crippen LogP) is 1.52. The maximum atomic E-state index is 12.2. The SMILES string of the molecule is O=C(O)[C@H]1CCN(C(=O)CCCN2CCN(c3ccccc3)CC2)C1. The molecule has 2 fully saturated rings. The van der Waals surface area contributed by atoms with Crippen molar-refractivity contribution in [2.75, 3.05) is 50.7 Å². The van der Waals surface area contributed by atoms with Crippen molar-refractivity contribution in [3.05, 3.63) is 30.3 Å². The topological polar surface area (TPSA) is 64.1 Å². The molecule has 3 rings (SSSR count).